The number of hydrogen-bond acceptors (Lipinski definition) is 4. The lowest BCUT2D eigenvalue weighted by Crippen LogP contribution is -2.41. The summed E-state index contributed by atoms with van der Waals surface area (Å²) in [5, 5.41) is 5.32. The van der Waals surface area contributed by atoms with Gasteiger partial charge in [-0.3, -0.25) is 4.79 Å². The maximum atomic E-state index is 12.6. The number of nitrogens with one attached hydrogen (secondary N) is 1. The van der Waals surface area contributed by atoms with Crippen LogP contribution in [0.4, 0.5) is 4.79 Å². The zero-order chi connectivity index (χ0) is 20.1. The third-order valence-electron chi connectivity index (χ3n) is 4.97. The zero-order valence-corrected chi connectivity index (χ0v) is 17.7. The van der Waals surface area contributed by atoms with Gasteiger partial charge in [0.1, 0.15) is 11.2 Å². The quantitative estimate of drug-likeness (QED) is 0.611. The van der Waals surface area contributed by atoms with Crippen molar-refractivity contribution in [1.29, 1.82) is 0 Å². The zero-order valence-electron chi connectivity index (χ0n) is 16.2. The van der Waals surface area contributed by atoms with Crippen LogP contribution in [0.15, 0.2) is 33.5 Å². The fraction of sp³-hybridized carbons (Fsp3) is 0.450. The average Bonchev–Trinajstić information content (AvgIpc) is 2.98. The summed E-state index contributed by atoms with van der Waals surface area (Å²) in [5.41, 5.74) is 1.72. The highest BCUT2D eigenvalue weighted by Crippen LogP contribution is 2.28. The highest BCUT2D eigenvalue weighted by atomic mass is 79.9. The largest absolute Gasteiger partial charge is 0.444 e. The molecule has 1 fully saturated rings. The molecule has 1 saturated heterocycles. The number of piperidine rings is 1. The molecule has 1 aliphatic rings. The topological polar surface area (TPSA) is 79.7 Å². The molecule has 7 nitrogen and oxygen atoms in total. The Bertz CT molecular complexity index is 1100. The van der Waals surface area contributed by atoms with E-state index >= 15 is 0 Å². The van der Waals surface area contributed by atoms with Crippen LogP contribution in [0, 0.1) is 0 Å². The van der Waals surface area contributed by atoms with E-state index in [1.54, 1.807) is 11.0 Å². The van der Waals surface area contributed by atoms with Gasteiger partial charge in [-0.25, -0.2) is 4.79 Å². The van der Waals surface area contributed by atoms with Crippen LogP contribution in [-0.2, 0) is 4.74 Å². The Morgan fingerprint density at radius 2 is 1.96 bits per heavy atom. The Morgan fingerprint density at radius 1 is 1.25 bits per heavy atom. The van der Waals surface area contributed by atoms with Crippen LogP contribution in [0.5, 0.6) is 0 Å². The standard InChI is InChI=1S/C20H23BrN4O3/c1-20(2,3)28-19(27)24-8-6-12(7-9-24)15-11-17(26)25-18(22-15)14-5-4-13(21)10-16(14)23-25/h4-5,10-12,22H,6-9H2,1-3H3. The molecule has 0 bridgehead atoms. The summed E-state index contributed by atoms with van der Waals surface area (Å²) in [6, 6.07) is 7.41. The number of nitrogens with zero attached hydrogens (tertiary/aromatic N) is 3. The van der Waals surface area contributed by atoms with E-state index in [9.17, 15) is 9.59 Å². The first-order valence-corrected chi connectivity index (χ1v) is 10.2. The molecule has 148 valence electrons. The molecule has 3 aromatic rings. The average molecular weight is 447 g/mol. The van der Waals surface area contributed by atoms with Crippen molar-refractivity contribution in [2.24, 2.45) is 0 Å². The van der Waals surface area contributed by atoms with Crippen molar-refractivity contribution in [2.45, 2.75) is 45.1 Å². The second-order valence-electron chi connectivity index (χ2n) is 8.23. The first kappa shape index (κ1) is 19.0. The number of benzene rings is 1. The molecule has 0 saturated carbocycles. The number of carbonyl (C=O) groups excluding carboxylic acids is 1. The van der Waals surface area contributed by atoms with Crippen LogP contribution in [-0.4, -0.2) is 44.3 Å². The molecule has 8 heteroatoms. The molecule has 1 aliphatic heterocycles. The lowest BCUT2D eigenvalue weighted by Gasteiger charge is -2.33. The van der Waals surface area contributed by atoms with Gasteiger partial charge in [0, 0.05) is 40.6 Å². The number of fused-ring (bicyclic) bond motifs is 3. The van der Waals surface area contributed by atoms with E-state index in [0.29, 0.717) is 18.7 Å². The lowest BCUT2D eigenvalue weighted by atomic mass is 9.93. The number of aromatic amines is 1. The van der Waals surface area contributed by atoms with Gasteiger partial charge in [-0.05, 0) is 51.8 Å². The van der Waals surface area contributed by atoms with Crippen molar-refractivity contribution in [2.75, 3.05) is 13.1 Å². The van der Waals surface area contributed by atoms with Gasteiger partial charge in [0.25, 0.3) is 5.56 Å². The normalized spacial score (nSPS) is 16.1. The number of rotatable bonds is 1. The monoisotopic (exact) mass is 446 g/mol. The third-order valence-corrected chi connectivity index (χ3v) is 5.46. The first-order chi connectivity index (χ1) is 13.2. The summed E-state index contributed by atoms with van der Waals surface area (Å²) in [4.78, 5) is 30.0. The molecule has 0 spiro atoms. The van der Waals surface area contributed by atoms with Gasteiger partial charge in [-0.15, -0.1) is 0 Å². The van der Waals surface area contributed by atoms with Gasteiger partial charge in [0.15, 0.2) is 0 Å². The van der Waals surface area contributed by atoms with Crippen LogP contribution in [0.25, 0.3) is 16.6 Å². The molecule has 0 aliphatic carbocycles. The van der Waals surface area contributed by atoms with E-state index in [0.717, 1.165) is 33.9 Å². The number of amides is 1. The summed E-state index contributed by atoms with van der Waals surface area (Å²) in [6.07, 6.45) is 1.29. The van der Waals surface area contributed by atoms with E-state index in [1.807, 2.05) is 39.0 Å². The second kappa shape index (κ2) is 6.92. The molecular formula is C20H23BrN4O3. The van der Waals surface area contributed by atoms with E-state index < -0.39 is 5.60 Å². The number of halogens is 1. The molecule has 3 heterocycles. The summed E-state index contributed by atoms with van der Waals surface area (Å²) in [6.45, 7) is 6.82. The van der Waals surface area contributed by atoms with E-state index in [4.69, 9.17) is 4.74 Å². The Kier molecular flexibility index (Phi) is 4.69. The van der Waals surface area contributed by atoms with Gasteiger partial charge >= 0.3 is 6.09 Å². The second-order valence-corrected chi connectivity index (χ2v) is 9.14. The molecule has 1 N–H and O–H groups in total. The van der Waals surface area contributed by atoms with Gasteiger partial charge < -0.3 is 14.6 Å². The molecule has 0 radical (unpaired) electrons. The number of likely N-dealkylation sites (tertiary alicyclic amines) is 1. The predicted molar refractivity (Wildman–Crippen MR) is 111 cm³/mol. The summed E-state index contributed by atoms with van der Waals surface area (Å²) < 4.78 is 7.79. The smallest absolute Gasteiger partial charge is 0.410 e. The van der Waals surface area contributed by atoms with Gasteiger partial charge in [-0.1, -0.05) is 15.9 Å². The lowest BCUT2D eigenvalue weighted by molar-refractivity contribution is 0.0204. The Labute approximate surface area is 170 Å². The third kappa shape index (κ3) is 3.65. The highest BCUT2D eigenvalue weighted by Gasteiger charge is 2.28. The van der Waals surface area contributed by atoms with Crippen molar-refractivity contribution in [3.8, 4) is 0 Å². The summed E-state index contributed by atoms with van der Waals surface area (Å²) in [7, 11) is 0. The number of ether oxygens (including phenoxy) is 1. The number of aromatic nitrogens is 3. The predicted octanol–water partition coefficient (Wildman–Crippen LogP) is 4.05. The minimum atomic E-state index is -0.498. The highest BCUT2D eigenvalue weighted by molar-refractivity contribution is 9.10. The van der Waals surface area contributed by atoms with E-state index in [2.05, 4.69) is 26.0 Å². The van der Waals surface area contributed by atoms with Crippen LogP contribution < -0.4 is 5.56 Å². The Balaban J connectivity index is 1.58. The minimum Gasteiger partial charge on any atom is -0.444 e. The molecule has 0 unspecified atom stereocenters. The number of carbonyl (C=O) groups is 1. The number of hydrogen-bond donors (Lipinski definition) is 1. The molecule has 0 atom stereocenters. The van der Waals surface area contributed by atoms with Crippen LogP contribution in [0.1, 0.15) is 45.2 Å². The van der Waals surface area contributed by atoms with E-state index in [-0.39, 0.29) is 17.6 Å². The van der Waals surface area contributed by atoms with Crippen LogP contribution in [0.2, 0.25) is 0 Å². The van der Waals surface area contributed by atoms with E-state index in [1.165, 1.54) is 4.52 Å². The van der Waals surface area contributed by atoms with Crippen molar-refractivity contribution in [3.05, 3.63) is 44.8 Å². The van der Waals surface area contributed by atoms with Crippen molar-refractivity contribution < 1.29 is 9.53 Å². The maximum absolute atomic E-state index is 12.6. The maximum Gasteiger partial charge on any atom is 0.410 e. The van der Waals surface area contributed by atoms with Crippen LogP contribution in [0.3, 0.4) is 0 Å². The summed E-state index contributed by atoms with van der Waals surface area (Å²) in [5.74, 6) is 0.191. The Morgan fingerprint density at radius 3 is 2.64 bits per heavy atom. The molecule has 2 aromatic heterocycles. The first-order valence-electron chi connectivity index (χ1n) is 9.40. The molecular weight excluding hydrogens is 424 g/mol. The minimum absolute atomic E-state index is 0.148. The van der Waals surface area contributed by atoms with Crippen molar-refractivity contribution in [3.63, 3.8) is 0 Å². The van der Waals surface area contributed by atoms with Crippen molar-refractivity contribution in [1.82, 2.24) is 19.5 Å². The number of H-pyrrole nitrogens is 1. The van der Waals surface area contributed by atoms with Crippen LogP contribution >= 0.6 is 15.9 Å². The summed E-state index contributed by atoms with van der Waals surface area (Å²) >= 11 is 3.44. The molecule has 1 amide bonds. The van der Waals surface area contributed by atoms with Gasteiger partial charge in [-0.2, -0.15) is 9.61 Å². The fourth-order valence-corrected chi connectivity index (χ4v) is 3.97. The van der Waals surface area contributed by atoms with Crippen molar-refractivity contribution >= 4 is 38.6 Å². The molecule has 1 aromatic carbocycles. The SMILES string of the molecule is CC(C)(C)OC(=O)N1CCC(c2cc(=O)n3nc4cc(Br)ccc4c3[nH]2)CC1. The fourth-order valence-electron chi connectivity index (χ4n) is 3.63. The molecule has 28 heavy (non-hydrogen) atoms. The Hall–Kier alpha value is -2.35. The van der Waals surface area contributed by atoms with Gasteiger partial charge in [0.05, 0.1) is 5.52 Å². The molecule has 4 rings (SSSR count). The van der Waals surface area contributed by atoms with Gasteiger partial charge in [0.2, 0.25) is 0 Å².